The van der Waals surface area contributed by atoms with Gasteiger partial charge in [-0.15, -0.1) is 0 Å². The number of anilines is 1. The zero-order valence-corrected chi connectivity index (χ0v) is 11.3. The smallest absolute Gasteiger partial charge is 0.389 e. The molecule has 0 atom stereocenters. The molecule has 20 heavy (non-hydrogen) atoms. The number of halogens is 3. The standard InChI is InChI=1S/C10H13F3N4O2S/c1-17-9(6(4-15-17)8(14)20)16-7(18)2-3-19-5-10(11,12)13/h4H,2-3,5H2,1H3,(H2,14,20)(H,16,18). The van der Waals surface area contributed by atoms with E-state index in [1.807, 2.05) is 0 Å². The van der Waals surface area contributed by atoms with Crippen LogP contribution in [0.4, 0.5) is 19.0 Å². The van der Waals surface area contributed by atoms with Gasteiger partial charge >= 0.3 is 6.18 Å². The van der Waals surface area contributed by atoms with Crippen LogP contribution in [0.3, 0.4) is 0 Å². The molecule has 0 saturated carbocycles. The monoisotopic (exact) mass is 310 g/mol. The fourth-order valence-corrected chi connectivity index (χ4v) is 1.46. The fraction of sp³-hybridized carbons (Fsp3) is 0.500. The van der Waals surface area contributed by atoms with E-state index in [2.05, 4.69) is 15.2 Å². The zero-order chi connectivity index (χ0) is 15.3. The fourth-order valence-electron chi connectivity index (χ4n) is 1.31. The van der Waals surface area contributed by atoms with Crippen molar-refractivity contribution in [2.24, 2.45) is 12.8 Å². The first-order valence-electron chi connectivity index (χ1n) is 5.47. The number of ether oxygens (including phenoxy) is 1. The van der Waals surface area contributed by atoms with E-state index in [-0.39, 0.29) is 18.0 Å². The van der Waals surface area contributed by atoms with Crippen molar-refractivity contribution in [1.82, 2.24) is 9.78 Å². The van der Waals surface area contributed by atoms with Crippen LogP contribution in [0.1, 0.15) is 12.0 Å². The van der Waals surface area contributed by atoms with Gasteiger partial charge in [0.25, 0.3) is 0 Å². The average Bonchev–Trinajstić information content (AvgIpc) is 2.66. The molecule has 0 aliphatic heterocycles. The molecule has 112 valence electrons. The Labute approximate surface area is 118 Å². The van der Waals surface area contributed by atoms with E-state index in [0.29, 0.717) is 11.4 Å². The maximum Gasteiger partial charge on any atom is 0.411 e. The van der Waals surface area contributed by atoms with Gasteiger partial charge < -0.3 is 15.8 Å². The number of amides is 1. The predicted octanol–water partition coefficient (Wildman–Crippen LogP) is 0.962. The topological polar surface area (TPSA) is 82.2 Å². The third-order valence-electron chi connectivity index (χ3n) is 2.20. The summed E-state index contributed by atoms with van der Waals surface area (Å²) in [6.07, 6.45) is -3.24. The Morgan fingerprint density at radius 1 is 1.60 bits per heavy atom. The molecule has 0 unspecified atom stereocenters. The van der Waals surface area contributed by atoms with E-state index in [0.717, 1.165) is 0 Å². The van der Waals surface area contributed by atoms with Crippen molar-refractivity contribution in [2.45, 2.75) is 12.6 Å². The molecular weight excluding hydrogens is 297 g/mol. The minimum absolute atomic E-state index is 0.0571. The maximum atomic E-state index is 11.8. The van der Waals surface area contributed by atoms with E-state index in [1.165, 1.54) is 10.9 Å². The molecule has 1 heterocycles. The molecule has 0 radical (unpaired) electrons. The van der Waals surface area contributed by atoms with Gasteiger partial charge in [0.15, 0.2) is 0 Å². The van der Waals surface area contributed by atoms with Gasteiger partial charge in [0.2, 0.25) is 5.91 Å². The van der Waals surface area contributed by atoms with Crippen molar-refractivity contribution < 1.29 is 22.7 Å². The van der Waals surface area contributed by atoms with Crippen LogP contribution in [0, 0.1) is 0 Å². The number of aromatic nitrogens is 2. The minimum Gasteiger partial charge on any atom is -0.389 e. The number of alkyl halides is 3. The first kappa shape index (κ1) is 16.4. The molecule has 6 nitrogen and oxygen atoms in total. The van der Waals surface area contributed by atoms with Crippen molar-refractivity contribution in [3.8, 4) is 0 Å². The van der Waals surface area contributed by atoms with Crippen molar-refractivity contribution in [3.05, 3.63) is 11.8 Å². The molecule has 0 aromatic carbocycles. The number of nitrogens with one attached hydrogen (secondary N) is 1. The van der Waals surface area contributed by atoms with Crippen molar-refractivity contribution >= 4 is 28.9 Å². The van der Waals surface area contributed by atoms with Gasteiger partial charge in [0.1, 0.15) is 17.4 Å². The van der Waals surface area contributed by atoms with Crippen molar-refractivity contribution in [2.75, 3.05) is 18.5 Å². The van der Waals surface area contributed by atoms with Crippen molar-refractivity contribution in [3.63, 3.8) is 0 Å². The number of thiocarbonyl (C=S) groups is 1. The largest absolute Gasteiger partial charge is 0.411 e. The molecule has 1 rings (SSSR count). The minimum atomic E-state index is -4.41. The van der Waals surface area contributed by atoms with Crippen LogP contribution in [-0.4, -0.2) is 40.1 Å². The van der Waals surface area contributed by atoms with Gasteiger partial charge in [-0.1, -0.05) is 12.2 Å². The number of hydrogen-bond donors (Lipinski definition) is 2. The number of aryl methyl sites for hydroxylation is 1. The highest BCUT2D eigenvalue weighted by atomic mass is 32.1. The van der Waals surface area contributed by atoms with E-state index in [4.69, 9.17) is 18.0 Å². The summed E-state index contributed by atoms with van der Waals surface area (Å²) in [4.78, 5) is 11.6. The Kier molecular flexibility index (Phi) is 5.45. The molecule has 1 aromatic rings. The SMILES string of the molecule is Cn1ncc(C(N)=S)c1NC(=O)CCOCC(F)(F)F. The Morgan fingerprint density at radius 2 is 2.25 bits per heavy atom. The van der Waals surface area contributed by atoms with Crippen LogP contribution in [-0.2, 0) is 16.6 Å². The van der Waals surface area contributed by atoms with Crippen molar-refractivity contribution in [1.29, 1.82) is 0 Å². The Hall–Kier alpha value is -1.68. The highest BCUT2D eigenvalue weighted by Crippen LogP contribution is 2.15. The number of carbonyl (C=O) groups is 1. The van der Waals surface area contributed by atoms with Crippen LogP contribution in [0.25, 0.3) is 0 Å². The quantitative estimate of drug-likeness (QED) is 0.604. The van der Waals surface area contributed by atoms with Gasteiger partial charge in [-0.25, -0.2) is 0 Å². The number of hydrogen-bond acceptors (Lipinski definition) is 4. The van der Waals surface area contributed by atoms with E-state index in [1.54, 1.807) is 7.05 Å². The van der Waals surface area contributed by atoms with Gasteiger partial charge in [-0.05, 0) is 0 Å². The molecule has 1 aromatic heterocycles. The zero-order valence-electron chi connectivity index (χ0n) is 10.5. The molecule has 10 heteroatoms. The van der Waals surface area contributed by atoms with Gasteiger partial charge in [0, 0.05) is 7.05 Å². The van der Waals surface area contributed by atoms with Crippen LogP contribution in [0.2, 0.25) is 0 Å². The summed E-state index contributed by atoms with van der Waals surface area (Å²) >= 11 is 4.79. The molecule has 0 bridgehead atoms. The van der Waals surface area contributed by atoms with E-state index < -0.39 is 18.7 Å². The molecule has 0 saturated heterocycles. The normalized spacial score (nSPS) is 11.4. The molecule has 0 aliphatic carbocycles. The third-order valence-corrected chi connectivity index (χ3v) is 2.42. The van der Waals surface area contributed by atoms with E-state index >= 15 is 0 Å². The molecular formula is C10H13F3N4O2S. The molecule has 1 amide bonds. The van der Waals surface area contributed by atoms with Gasteiger partial charge in [0.05, 0.1) is 24.8 Å². The molecule has 3 N–H and O–H groups in total. The lowest BCUT2D eigenvalue weighted by atomic mass is 10.3. The Bertz CT molecular complexity index is 501. The summed E-state index contributed by atoms with van der Waals surface area (Å²) in [5, 5.41) is 6.34. The van der Waals surface area contributed by atoms with Gasteiger partial charge in [-0.3, -0.25) is 9.48 Å². The first-order valence-corrected chi connectivity index (χ1v) is 5.87. The highest BCUT2D eigenvalue weighted by molar-refractivity contribution is 7.80. The summed E-state index contributed by atoms with van der Waals surface area (Å²) in [7, 11) is 1.57. The molecule has 0 spiro atoms. The highest BCUT2D eigenvalue weighted by Gasteiger charge is 2.27. The van der Waals surface area contributed by atoms with E-state index in [9.17, 15) is 18.0 Å². The first-order chi connectivity index (χ1) is 9.20. The number of carbonyl (C=O) groups excluding carboxylic acids is 1. The second-order valence-corrected chi connectivity index (χ2v) is 4.30. The average molecular weight is 310 g/mol. The summed E-state index contributed by atoms with van der Waals surface area (Å²) < 4.78 is 41.1. The van der Waals surface area contributed by atoms with Crippen LogP contribution in [0.15, 0.2) is 6.20 Å². The summed E-state index contributed by atoms with van der Waals surface area (Å²) in [6, 6.07) is 0. The second kappa shape index (κ2) is 6.66. The van der Waals surface area contributed by atoms with Gasteiger partial charge in [-0.2, -0.15) is 18.3 Å². The Balaban J connectivity index is 2.47. The lowest BCUT2D eigenvalue weighted by Gasteiger charge is -2.09. The maximum absolute atomic E-state index is 11.8. The number of nitrogens with zero attached hydrogens (tertiary/aromatic N) is 2. The summed E-state index contributed by atoms with van der Waals surface area (Å²) in [5.74, 6) is -0.230. The lowest BCUT2D eigenvalue weighted by Crippen LogP contribution is -2.22. The third kappa shape index (κ3) is 5.13. The Morgan fingerprint density at radius 3 is 2.80 bits per heavy atom. The summed E-state index contributed by atoms with van der Waals surface area (Å²) in [6.45, 7) is -1.73. The summed E-state index contributed by atoms with van der Waals surface area (Å²) in [5.41, 5.74) is 5.83. The van der Waals surface area contributed by atoms with Crippen LogP contribution >= 0.6 is 12.2 Å². The molecule has 0 aliphatic rings. The van der Waals surface area contributed by atoms with Crippen LogP contribution in [0.5, 0.6) is 0 Å². The van der Waals surface area contributed by atoms with Crippen LogP contribution < -0.4 is 11.1 Å². The number of nitrogens with two attached hydrogens (primary N) is 1. The lowest BCUT2D eigenvalue weighted by molar-refractivity contribution is -0.174. The number of rotatable bonds is 6. The molecule has 0 fully saturated rings. The second-order valence-electron chi connectivity index (χ2n) is 3.86. The predicted molar refractivity (Wildman–Crippen MR) is 69.2 cm³/mol.